The predicted molar refractivity (Wildman–Crippen MR) is 165 cm³/mol. The van der Waals surface area contributed by atoms with Crippen molar-refractivity contribution < 1.29 is 29.6 Å². The van der Waals surface area contributed by atoms with Gasteiger partial charge in [0.15, 0.2) is 0 Å². The zero-order valence-corrected chi connectivity index (χ0v) is 28.0. The van der Waals surface area contributed by atoms with E-state index in [2.05, 4.69) is 104 Å². The number of nitrogens with zero attached hydrogens (tertiary/aromatic N) is 1. The van der Waals surface area contributed by atoms with Gasteiger partial charge in [-0.1, -0.05) is 0 Å². The van der Waals surface area contributed by atoms with Crippen LogP contribution >= 0.6 is 0 Å². The Morgan fingerprint density at radius 2 is 1.00 bits per heavy atom. The Bertz CT molecular complexity index is 1200. The molecule has 0 radical (unpaired) electrons. The molecule has 0 aliphatic rings. The fourth-order valence-corrected chi connectivity index (χ4v) is 5.14. The van der Waals surface area contributed by atoms with Crippen LogP contribution in [-0.4, -0.2) is 35.9 Å². The monoisotopic (exact) mass is 613 g/mol. The van der Waals surface area contributed by atoms with Gasteiger partial charge in [0, 0.05) is 0 Å². The number of aromatic hydroxyl groups is 2. The number of phenolic OH excluding ortho intramolecular Hbond substituents is 2. The number of phenols is 2. The van der Waals surface area contributed by atoms with Crippen LogP contribution in [0.3, 0.4) is 0 Å². The van der Waals surface area contributed by atoms with E-state index in [0.29, 0.717) is 11.5 Å². The molecule has 0 aliphatic carbocycles. The topological polar surface area (TPSA) is 54.6 Å². The van der Waals surface area contributed by atoms with Crippen molar-refractivity contribution in [2.45, 2.75) is 72.0 Å². The van der Waals surface area contributed by atoms with Crippen LogP contribution in [0.4, 0.5) is 0 Å². The molecule has 206 valence electrons. The number of rotatable bonds is 5. The second kappa shape index (κ2) is 12.4. The van der Waals surface area contributed by atoms with Crippen LogP contribution in [-0.2, 0) is 30.2 Å². The smallest absolute Gasteiger partial charge is 0.162 e. The van der Waals surface area contributed by atoms with Crippen molar-refractivity contribution in [2.75, 3.05) is 14.1 Å². The minimum Gasteiger partial charge on any atom is -0.668 e. The van der Waals surface area contributed by atoms with Gasteiger partial charge in [0.1, 0.15) is 0 Å². The summed E-state index contributed by atoms with van der Waals surface area (Å²) >= 11 is 2.12. The van der Waals surface area contributed by atoms with Crippen LogP contribution in [0.5, 0.6) is 11.5 Å². The van der Waals surface area contributed by atoms with Crippen molar-refractivity contribution >= 4 is 11.6 Å². The molecule has 0 spiro atoms. The Balaban J connectivity index is 0.00000161. The van der Waals surface area contributed by atoms with Crippen molar-refractivity contribution in [2.24, 2.45) is 0 Å². The van der Waals surface area contributed by atoms with E-state index in [4.69, 9.17) is 0 Å². The van der Waals surface area contributed by atoms with Crippen molar-refractivity contribution in [3.63, 3.8) is 0 Å². The van der Waals surface area contributed by atoms with Gasteiger partial charge in [-0.3, -0.25) is 0 Å². The number of hydrogen-bond acceptors (Lipinski definition) is 2. The third kappa shape index (κ3) is 7.49. The Morgan fingerprint density at radius 3 is 1.32 bits per heavy atom. The average molecular weight is 612 g/mol. The molecule has 0 bridgehead atoms. The van der Waals surface area contributed by atoms with Crippen LogP contribution in [0, 0.1) is 6.42 Å². The van der Waals surface area contributed by atoms with Crippen LogP contribution < -0.4 is 0 Å². The molecule has 3 aromatic carbocycles. The first kappa shape index (κ1) is 32.1. The average Bonchev–Trinajstić information content (AvgIpc) is 2.78. The Labute approximate surface area is 243 Å². The van der Waals surface area contributed by atoms with Gasteiger partial charge >= 0.3 is 225 Å². The third-order valence-electron chi connectivity index (χ3n) is 6.39. The summed E-state index contributed by atoms with van der Waals surface area (Å²) in [5.74, 6) is 0.650. The molecule has 0 amide bonds. The molecule has 3 nitrogen and oxygen atoms in total. The second-order valence-corrected chi connectivity index (χ2v) is 20.0. The molecule has 0 fully saturated rings. The molecule has 0 saturated heterocycles. The molecule has 3 rings (SSSR count). The molecule has 2 N–H and O–H groups in total. The van der Waals surface area contributed by atoms with E-state index in [-0.39, 0.29) is 10.8 Å². The standard InChI is InChI=1S/C31H39O2Si.C2H6N.Mo/c1-30(2,3)26-17-11-15-24(28(26)32)21-13-10-14-22(23(21)19-20-34(7,8)9)25-16-12-18-27(29(25)33)31(4,5)6;1-3-2;/h10-19,32-33H,1-9H3;1-2H3;/q2*-1;. The van der Waals surface area contributed by atoms with Gasteiger partial charge in [-0.05, 0) is 0 Å². The predicted octanol–water partition coefficient (Wildman–Crippen LogP) is 8.80. The fraction of sp³-hybridized carbons (Fsp3) is 0.394. The van der Waals surface area contributed by atoms with Gasteiger partial charge in [-0.15, -0.1) is 0 Å². The van der Waals surface area contributed by atoms with E-state index in [1.54, 1.807) is 14.1 Å². The number of hydrogen-bond donors (Lipinski definition) is 2. The van der Waals surface area contributed by atoms with Crippen LogP contribution in [0.15, 0.2) is 54.6 Å². The summed E-state index contributed by atoms with van der Waals surface area (Å²) in [6, 6.07) is 18.3. The summed E-state index contributed by atoms with van der Waals surface area (Å²) in [5, 5.41) is 26.3. The first-order valence-electron chi connectivity index (χ1n) is 13.1. The van der Waals surface area contributed by atoms with Gasteiger partial charge < -0.3 is 5.32 Å². The van der Waals surface area contributed by atoms with Crippen molar-refractivity contribution in [3.8, 4) is 33.8 Å². The van der Waals surface area contributed by atoms with E-state index in [9.17, 15) is 10.2 Å². The van der Waals surface area contributed by atoms with Crippen LogP contribution in [0.1, 0.15) is 58.2 Å². The van der Waals surface area contributed by atoms with E-state index in [1.807, 2.05) is 42.5 Å². The molecule has 0 unspecified atom stereocenters. The third-order valence-corrected chi connectivity index (χ3v) is 12.8. The Kier molecular flexibility index (Phi) is 10.4. The van der Waals surface area contributed by atoms with Gasteiger partial charge in [0.05, 0.1) is 0 Å². The number of para-hydroxylation sites is 2. The number of benzene rings is 3. The molecule has 3 aromatic rings. The van der Waals surface area contributed by atoms with Crippen molar-refractivity contribution in [1.29, 1.82) is 0 Å². The molecule has 0 atom stereocenters. The molecular weight excluding hydrogens is 566 g/mol. The summed E-state index contributed by atoms with van der Waals surface area (Å²) in [6.45, 7) is 19.8. The maximum atomic E-state index is 11.4. The zero-order valence-electron chi connectivity index (χ0n) is 25.0. The fourth-order valence-electron chi connectivity index (χ4n) is 4.27. The summed E-state index contributed by atoms with van der Waals surface area (Å²) < 4.78 is 1.37. The van der Waals surface area contributed by atoms with E-state index >= 15 is 0 Å². The maximum Gasteiger partial charge on any atom is -0.162 e. The van der Waals surface area contributed by atoms with Crippen molar-refractivity contribution in [3.05, 3.63) is 83.0 Å². The SMILES string of the molecule is CC(C)(C)c1cccc(-c2cccc(-c3cccc(C(C)(C)C)c3O)c2[CH-][C](=[Mo])[Si](C)(C)C)c1O.C[N-]C. The Morgan fingerprint density at radius 1 is 0.684 bits per heavy atom. The van der Waals surface area contributed by atoms with Gasteiger partial charge in [0.25, 0.3) is 0 Å². The molecule has 0 aromatic heterocycles. The van der Waals surface area contributed by atoms with Crippen LogP contribution in [0.25, 0.3) is 27.6 Å². The van der Waals surface area contributed by atoms with Gasteiger partial charge in [-0.25, -0.2) is 0 Å². The minimum absolute atomic E-state index is 0.179. The molecular formula is C33H45MoNO2Si-2. The summed E-state index contributed by atoms with van der Waals surface area (Å²) in [6.07, 6.45) is 2.29. The summed E-state index contributed by atoms with van der Waals surface area (Å²) in [4.78, 5) is 0. The zero-order chi connectivity index (χ0) is 29.1. The summed E-state index contributed by atoms with van der Waals surface area (Å²) in [7, 11) is 1.94. The first-order valence-corrected chi connectivity index (χ1v) is 17.6. The largest absolute Gasteiger partial charge is 0.668 e. The van der Waals surface area contributed by atoms with Crippen molar-refractivity contribution in [1.82, 2.24) is 0 Å². The van der Waals surface area contributed by atoms with Gasteiger partial charge in [-0.2, -0.15) is 14.1 Å². The minimum atomic E-state index is -1.56. The van der Waals surface area contributed by atoms with Gasteiger partial charge in [0.2, 0.25) is 0 Å². The van der Waals surface area contributed by atoms with Crippen LogP contribution in [0.2, 0.25) is 19.6 Å². The summed E-state index contributed by atoms with van der Waals surface area (Å²) in [5.41, 5.74) is 6.13. The quantitative estimate of drug-likeness (QED) is 0.224. The molecule has 38 heavy (non-hydrogen) atoms. The van der Waals surface area contributed by atoms with E-state index in [1.165, 1.54) is 3.52 Å². The molecule has 0 heterocycles. The first-order chi connectivity index (χ1) is 17.4. The van der Waals surface area contributed by atoms with E-state index in [0.717, 1.165) is 38.9 Å². The maximum absolute atomic E-state index is 11.4. The molecule has 5 heteroatoms. The van der Waals surface area contributed by atoms with E-state index < -0.39 is 8.07 Å². The second-order valence-electron chi connectivity index (χ2n) is 12.9. The normalized spacial score (nSPS) is 12.0. The molecule has 0 saturated carbocycles. The Hall–Kier alpha value is -2.13. The molecule has 0 aliphatic heterocycles.